The first-order valence-corrected chi connectivity index (χ1v) is 9.41. The monoisotopic (exact) mass is 182 g/mol. The molecule has 9 heavy (non-hydrogen) atoms. The molecule has 0 aliphatic rings. The first-order valence-electron chi connectivity index (χ1n) is 3.35. The van der Waals surface area contributed by atoms with Gasteiger partial charge in [0.1, 0.15) is 0 Å². The molecule has 1 rings (SSSR count). The van der Waals surface area contributed by atoms with Crippen LogP contribution in [0.25, 0.3) is 0 Å². The quantitative estimate of drug-likeness (QED) is 0.574. The Morgan fingerprint density at radius 3 is 1.89 bits per heavy atom. The predicted octanol–water partition coefficient (Wildman–Crippen LogP) is 1.38. The van der Waals surface area contributed by atoms with Gasteiger partial charge in [0.05, 0.1) is 0 Å². The fourth-order valence-electron chi connectivity index (χ4n) is 0.838. The van der Waals surface area contributed by atoms with Crippen LogP contribution in [0.1, 0.15) is 0 Å². The number of hydrogen-bond donors (Lipinski definition) is 0. The van der Waals surface area contributed by atoms with Gasteiger partial charge < -0.3 is 0 Å². The van der Waals surface area contributed by atoms with E-state index >= 15 is 0 Å². The minimum atomic E-state index is -0.944. The van der Waals surface area contributed by atoms with E-state index in [-0.39, 0.29) is 0 Å². The third-order valence-corrected chi connectivity index (χ3v) is 5.07. The zero-order valence-corrected chi connectivity index (χ0v) is 8.39. The van der Waals surface area contributed by atoms with Crippen LogP contribution in [0.2, 0.25) is 11.5 Å². The van der Waals surface area contributed by atoms with Crippen LogP contribution in [-0.2, 0) is 0 Å². The minimum absolute atomic E-state index is 0.944. The zero-order valence-electron chi connectivity index (χ0n) is 5.96. The van der Waals surface area contributed by atoms with Crippen LogP contribution < -0.4 is 4.40 Å². The average Bonchev–Trinajstić information content (AvgIpc) is 1.90. The van der Waals surface area contributed by atoms with Crippen LogP contribution in [-0.4, -0.2) is 14.3 Å². The van der Waals surface area contributed by atoms with Gasteiger partial charge in [0, 0.05) is 0 Å². The van der Waals surface area contributed by atoms with Gasteiger partial charge in [-0.05, 0) is 0 Å². The fraction of sp³-hybridized carbons (Fsp3) is 0.250. The molecule has 0 aliphatic heterocycles. The molecule has 0 aliphatic carbocycles. The van der Waals surface area contributed by atoms with Crippen LogP contribution in [0.3, 0.4) is 0 Å². The SMILES string of the molecule is [CH3][GeH]([CH3])[c]1ccccc1. The Hall–Kier alpha value is -0.237. The van der Waals surface area contributed by atoms with Gasteiger partial charge in [-0.25, -0.2) is 0 Å². The number of benzene rings is 1. The standard InChI is InChI=1S/C8H12Ge/c1-9(2)8-6-4-3-5-7-8/h3-7,9H,1-2H3. The summed E-state index contributed by atoms with van der Waals surface area (Å²) in [5.74, 6) is 4.78. The summed E-state index contributed by atoms with van der Waals surface area (Å²) >= 11 is -0.944. The van der Waals surface area contributed by atoms with Gasteiger partial charge in [-0.2, -0.15) is 0 Å². The van der Waals surface area contributed by atoms with Crippen LogP contribution in [0.15, 0.2) is 30.3 Å². The van der Waals surface area contributed by atoms with Crippen molar-refractivity contribution >= 4 is 18.7 Å². The molecule has 0 atom stereocenters. The third-order valence-electron chi connectivity index (χ3n) is 1.47. The first kappa shape index (κ1) is 6.88. The maximum absolute atomic E-state index is 2.39. The van der Waals surface area contributed by atoms with E-state index in [1.165, 1.54) is 0 Å². The number of rotatable bonds is 1. The Balaban J connectivity index is 2.85. The molecule has 0 heterocycles. The van der Waals surface area contributed by atoms with Crippen molar-refractivity contribution in [3.8, 4) is 0 Å². The summed E-state index contributed by atoms with van der Waals surface area (Å²) < 4.78 is 1.60. The van der Waals surface area contributed by atoms with Crippen LogP contribution >= 0.6 is 0 Å². The van der Waals surface area contributed by atoms with Crippen molar-refractivity contribution in [2.24, 2.45) is 0 Å². The Bertz CT molecular complexity index is 167. The second-order valence-electron chi connectivity index (χ2n) is 2.57. The fourth-order valence-corrected chi connectivity index (χ4v) is 2.92. The molecule has 0 N–H and O–H groups in total. The summed E-state index contributed by atoms with van der Waals surface area (Å²) in [7, 11) is 0. The maximum atomic E-state index is 2.39. The molecule has 0 nitrogen and oxygen atoms in total. The van der Waals surface area contributed by atoms with Crippen molar-refractivity contribution in [2.45, 2.75) is 11.5 Å². The molecule has 0 saturated carbocycles. The van der Waals surface area contributed by atoms with Crippen molar-refractivity contribution in [1.82, 2.24) is 0 Å². The molecule has 48 valence electrons. The van der Waals surface area contributed by atoms with Crippen LogP contribution in [0.4, 0.5) is 0 Å². The van der Waals surface area contributed by atoms with Crippen molar-refractivity contribution < 1.29 is 0 Å². The van der Waals surface area contributed by atoms with Crippen molar-refractivity contribution in [2.75, 3.05) is 0 Å². The molecular formula is C8H12Ge. The Morgan fingerprint density at radius 1 is 1.00 bits per heavy atom. The Labute approximate surface area is 61.0 Å². The van der Waals surface area contributed by atoms with Crippen LogP contribution in [0, 0.1) is 0 Å². The van der Waals surface area contributed by atoms with E-state index in [1.807, 2.05) is 0 Å². The van der Waals surface area contributed by atoms with E-state index in [9.17, 15) is 0 Å². The van der Waals surface area contributed by atoms with Gasteiger partial charge in [-0.3, -0.25) is 0 Å². The van der Waals surface area contributed by atoms with Gasteiger partial charge in [0.25, 0.3) is 0 Å². The van der Waals surface area contributed by atoms with Gasteiger partial charge >= 0.3 is 60.6 Å². The van der Waals surface area contributed by atoms with Gasteiger partial charge in [0.2, 0.25) is 0 Å². The van der Waals surface area contributed by atoms with E-state index in [4.69, 9.17) is 0 Å². The van der Waals surface area contributed by atoms with E-state index in [0.29, 0.717) is 0 Å². The molecule has 0 amide bonds. The summed E-state index contributed by atoms with van der Waals surface area (Å²) in [5, 5.41) is 0. The summed E-state index contributed by atoms with van der Waals surface area (Å²) in [6, 6.07) is 10.8. The summed E-state index contributed by atoms with van der Waals surface area (Å²) in [5.41, 5.74) is 0. The summed E-state index contributed by atoms with van der Waals surface area (Å²) in [4.78, 5) is 0. The van der Waals surface area contributed by atoms with Gasteiger partial charge in [-0.15, -0.1) is 0 Å². The van der Waals surface area contributed by atoms with E-state index in [0.717, 1.165) is 0 Å². The number of hydrogen-bond acceptors (Lipinski definition) is 0. The molecule has 1 aromatic carbocycles. The third kappa shape index (κ3) is 1.86. The topological polar surface area (TPSA) is 0 Å². The summed E-state index contributed by atoms with van der Waals surface area (Å²) in [6.45, 7) is 0. The van der Waals surface area contributed by atoms with Gasteiger partial charge in [0.15, 0.2) is 0 Å². The molecule has 0 spiro atoms. The van der Waals surface area contributed by atoms with E-state index in [2.05, 4.69) is 41.8 Å². The van der Waals surface area contributed by atoms with Crippen molar-refractivity contribution in [3.05, 3.63) is 30.3 Å². The summed E-state index contributed by atoms with van der Waals surface area (Å²) in [6.07, 6.45) is 0. The Kier molecular flexibility index (Phi) is 2.34. The first-order chi connectivity index (χ1) is 4.30. The second-order valence-corrected chi connectivity index (χ2v) is 8.81. The molecule has 1 aromatic rings. The molecule has 0 fully saturated rings. The van der Waals surface area contributed by atoms with Gasteiger partial charge in [-0.1, -0.05) is 0 Å². The van der Waals surface area contributed by atoms with Crippen molar-refractivity contribution in [3.63, 3.8) is 0 Å². The molecule has 0 aromatic heterocycles. The van der Waals surface area contributed by atoms with Crippen molar-refractivity contribution in [1.29, 1.82) is 0 Å². The van der Waals surface area contributed by atoms with E-state index < -0.39 is 14.3 Å². The normalized spacial score (nSPS) is 10.1. The molecule has 0 radical (unpaired) electrons. The Morgan fingerprint density at radius 2 is 1.56 bits per heavy atom. The molecule has 1 heteroatoms. The molecule has 0 saturated heterocycles. The van der Waals surface area contributed by atoms with Crippen LogP contribution in [0.5, 0.6) is 0 Å². The predicted molar refractivity (Wildman–Crippen MR) is 45.0 cm³/mol. The van der Waals surface area contributed by atoms with E-state index in [1.54, 1.807) is 4.40 Å². The molecule has 0 bridgehead atoms. The second kappa shape index (κ2) is 3.06. The average molecular weight is 181 g/mol. The zero-order chi connectivity index (χ0) is 6.69. The molecular weight excluding hydrogens is 169 g/mol. The molecule has 0 unspecified atom stereocenters.